The number of H-pyrrole nitrogens is 1. The lowest BCUT2D eigenvalue weighted by atomic mass is 10.1. The lowest BCUT2D eigenvalue weighted by molar-refractivity contribution is 0.307. The maximum absolute atomic E-state index is 8.77. The highest BCUT2D eigenvalue weighted by molar-refractivity contribution is 5.69. The van der Waals surface area contributed by atoms with Crippen LogP contribution in [0.2, 0.25) is 0 Å². The lowest BCUT2D eigenvalue weighted by Gasteiger charge is -2.16. The molecule has 0 saturated heterocycles. The minimum atomic E-state index is 0.512. The maximum Gasteiger partial charge on any atom is 0.177 e. The molecule has 0 aliphatic rings. The Bertz CT molecular complexity index is 799. The van der Waals surface area contributed by atoms with Gasteiger partial charge in [-0.05, 0) is 37.2 Å². The van der Waals surface area contributed by atoms with Crippen molar-refractivity contribution in [2.24, 2.45) is 0 Å². The highest BCUT2D eigenvalue weighted by atomic mass is 15.1. The molecule has 0 amide bonds. The van der Waals surface area contributed by atoms with E-state index >= 15 is 0 Å². The topological polar surface area (TPSA) is 81.5 Å². The van der Waals surface area contributed by atoms with Crippen LogP contribution in [0.1, 0.15) is 23.5 Å². The number of nitrogens with zero attached hydrogens (tertiary/aromatic N) is 5. The van der Waals surface area contributed by atoms with Crippen molar-refractivity contribution < 1.29 is 0 Å². The van der Waals surface area contributed by atoms with E-state index in [9.17, 15) is 0 Å². The molecule has 0 bridgehead atoms. The Hall–Kier alpha value is -2.78. The largest absolute Gasteiger partial charge is 0.340 e. The summed E-state index contributed by atoms with van der Waals surface area (Å²) in [6.07, 6.45) is 4.79. The molecule has 6 nitrogen and oxygen atoms in total. The second-order valence-corrected chi connectivity index (χ2v) is 5.50. The first-order chi connectivity index (χ1) is 11.3. The number of fused-ring (bicyclic) bond motifs is 1. The minimum absolute atomic E-state index is 0.512. The fourth-order valence-corrected chi connectivity index (χ4v) is 2.57. The smallest absolute Gasteiger partial charge is 0.177 e. The summed E-state index contributed by atoms with van der Waals surface area (Å²) in [5.74, 6) is 0.885. The Morgan fingerprint density at radius 2 is 2.00 bits per heavy atom. The van der Waals surface area contributed by atoms with E-state index in [0.717, 1.165) is 34.7 Å². The second-order valence-electron chi connectivity index (χ2n) is 5.50. The second kappa shape index (κ2) is 6.99. The molecule has 0 unspecified atom stereocenters. The van der Waals surface area contributed by atoms with Crippen molar-refractivity contribution in [3.8, 4) is 6.07 Å². The highest BCUT2D eigenvalue weighted by Crippen LogP contribution is 2.13. The van der Waals surface area contributed by atoms with Crippen LogP contribution < -0.4 is 0 Å². The van der Waals surface area contributed by atoms with Gasteiger partial charge >= 0.3 is 0 Å². The highest BCUT2D eigenvalue weighted by Gasteiger charge is 2.10. The number of pyridine rings is 2. The summed E-state index contributed by atoms with van der Waals surface area (Å²) < 4.78 is 0. The predicted molar refractivity (Wildman–Crippen MR) is 87.2 cm³/mol. The maximum atomic E-state index is 8.77. The lowest BCUT2D eigenvalue weighted by Crippen LogP contribution is -2.19. The van der Waals surface area contributed by atoms with Gasteiger partial charge in [0, 0.05) is 25.4 Å². The molecule has 0 spiro atoms. The molecule has 116 valence electrons. The first kappa shape index (κ1) is 15.1. The molecule has 0 atom stereocenters. The normalized spacial score (nSPS) is 11.0. The molecule has 1 N–H and O–H groups in total. The van der Waals surface area contributed by atoms with E-state index in [4.69, 9.17) is 5.26 Å². The molecule has 6 heteroatoms. The number of rotatable bonds is 6. The van der Waals surface area contributed by atoms with Gasteiger partial charge in [-0.15, -0.1) is 0 Å². The van der Waals surface area contributed by atoms with Crippen molar-refractivity contribution in [1.82, 2.24) is 24.8 Å². The van der Waals surface area contributed by atoms with Gasteiger partial charge in [0.25, 0.3) is 0 Å². The third-order valence-corrected chi connectivity index (χ3v) is 3.64. The van der Waals surface area contributed by atoms with Gasteiger partial charge in [-0.2, -0.15) is 5.26 Å². The third-order valence-electron chi connectivity index (χ3n) is 3.64. The van der Waals surface area contributed by atoms with Gasteiger partial charge in [0.15, 0.2) is 5.65 Å². The van der Waals surface area contributed by atoms with Crippen LogP contribution in [-0.4, -0.2) is 31.9 Å². The van der Waals surface area contributed by atoms with Gasteiger partial charge in [-0.3, -0.25) is 9.88 Å². The summed E-state index contributed by atoms with van der Waals surface area (Å²) >= 11 is 0. The minimum Gasteiger partial charge on any atom is -0.340 e. The van der Waals surface area contributed by atoms with Crippen molar-refractivity contribution in [2.45, 2.75) is 25.9 Å². The Morgan fingerprint density at radius 3 is 2.83 bits per heavy atom. The number of aromatic amines is 1. The fourth-order valence-electron chi connectivity index (χ4n) is 2.57. The van der Waals surface area contributed by atoms with E-state index in [-0.39, 0.29) is 0 Å². The predicted octanol–water partition coefficient (Wildman–Crippen LogP) is 2.44. The number of hydrogen-bond acceptors (Lipinski definition) is 5. The Balaban J connectivity index is 1.69. The standard InChI is InChI=1S/C17H18N6/c1-23(11-15-13(5-2-8-18)6-3-9-19-15)12-16-21-14-7-4-10-20-17(14)22-16/h3-4,6-7,9-10H,2,5,11-12H2,1H3,(H,20,21,22). The zero-order valence-electron chi connectivity index (χ0n) is 13.0. The van der Waals surface area contributed by atoms with E-state index in [1.54, 1.807) is 12.4 Å². The number of nitrogens with one attached hydrogen (secondary N) is 1. The molecule has 0 saturated carbocycles. The van der Waals surface area contributed by atoms with Crippen LogP contribution in [0.5, 0.6) is 0 Å². The summed E-state index contributed by atoms with van der Waals surface area (Å²) in [6, 6.07) is 10.0. The van der Waals surface area contributed by atoms with Gasteiger partial charge in [0.1, 0.15) is 5.82 Å². The molecule has 23 heavy (non-hydrogen) atoms. The monoisotopic (exact) mass is 306 g/mol. The number of nitriles is 1. The average molecular weight is 306 g/mol. The van der Waals surface area contributed by atoms with Gasteiger partial charge < -0.3 is 4.98 Å². The Labute approximate surface area is 134 Å². The van der Waals surface area contributed by atoms with Gasteiger partial charge in [0.2, 0.25) is 0 Å². The Kier molecular flexibility index (Phi) is 4.60. The summed E-state index contributed by atoms with van der Waals surface area (Å²) in [6.45, 7) is 1.40. The van der Waals surface area contributed by atoms with E-state index in [1.165, 1.54) is 0 Å². The third kappa shape index (κ3) is 3.71. The molecule has 0 aromatic carbocycles. The van der Waals surface area contributed by atoms with Crippen LogP contribution in [0.15, 0.2) is 36.7 Å². The van der Waals surface area contributed by atoms with Crippen molar-refractivity contribution in [2.75, 3.05) is 7.05 Å². The van der Waals surface area contributed by atoms with Gasteiger partial charge in [0.05, 0.1) is 23.8 Å². The van der Waals surface area contributed by atoms with Crippen LogP contribution >= 0.6 is 0 Å². The molecule has 0 aliphatic heterocycles. The molecular formula is C17H18N6. The average Bonchev–Trinajstić information content (AvgIpc) is 2.96. The molecule has 0 aliphatic carbocycles. The van der Waals surface area contributed by atoms with Crippen molar-refractivity contribution >= 4 is 11.2 Å². The summed E-state index contributed by atoms with van der Waals surface area (Å²) in [5.41, 5.74) is 3.83. The number of imidazole rings is 1. The SMILES string of the molecule is CN(Cc1nc2ncccc2[nH]1)Cc1ncccc1CCC#N. The van der Waals surface area contributed by atoms with Crippen LogP contribution in [0, 0.1) is 11.3 Å². The zero-order valence-corrected chi connectivity index (χ0v) is 13.0. The van der Waals surface area contributed by atoms with Crippen LogP contribution in [0.3, 0.4) is 0 Å². The molecule has 0 fully saturated rings. The van der Waals surface area contributed by atoms with E-state index in [0.29, 0.717) is 19.5 Å². The summed E-state index contributed by atoms with van der Waals surface area (Å²) in [7, 11) is 2.03. The van der Waals surface area contributed by atoms with Crippen molar-refractivity contribution in [3.05, 3.63) is 53.7 Å². The van der Waals surface area contributed by atoms with E-state index in [2.05, 4.69) is 30.9 Å². The van der Waals surface area contributed by atoms with E-state index in [1.807, 2.05) is 31.3 Å². The number of aromatic nitrogens is 4. The molecule has 3 aromatic rings. The first-order valence-corrected chi connectivity index (χ1v) is 7.54. The fraction of sp³-hybridized carbons (Fsp3) is 0.294. The first-order valence-electron chi connectivity index (χ1n) is 7.54. The Morgan fingerprint density at radius 1 is 1.17 bits per heavy atom. The summed E-state index contributed by atoms with van der Waals surface area (Å²) in [4.78, 5) is 18.6. The number of aryl methyl sites for hydroxylation is 1. The molecule has 3 aromatic heterocycles. The molecular weight excluding hydrogens is 288 g/mol. The van der Waals surface area contributed by atoms with Crippen molar-refractivity contribution in [3.63, 3.8) is 0 Å². The zero-order chi connectivity index (χ0) is 16.1. The van der Waals surface area contributed by atoms with Crippen molar-refractivity contribution in [1.29, 1.82) is 5.26 Å². The molecule has 0 radical (unpaired) electrons. The summed E-state index contributed by atoms with van der Waals surface area (Å²) in [5, 5.41) is 8.77. The van der Waals surface area contributed by atoms with Gasteiger partial charge in [-0.25, -0.2) is 9.97 Å². The van der Waals surface area contributed by atoms with Crippen LogP contribution in [0.4, 0.5) is 0 Å². The van der Waals surface area contributed by atoms with Crippen LogP contribution in [-0.2, 0) is 19.5 Å². The quantitative estimate of drug-likeness (QED) is 0.756. The van der Waals surface area contributed by atoms with E-state index < -0.39 is 0 Å². The number of hydrogen-bond donors (Lipinski definition) is 1. The molecule has 3 rings (SSSR count). The molecule has 3 heterocycles. The van der Waals surface area contributed by atoms with Gasteiger partial charge in [-0.1, -0.05) is 6.07 Å². The van der Waals surface area contributed by atoms with Crippen LogP contribution in [0.25, 0.3) is 11.2 Å².